The number of carbonyl (C=O) groups is 1. The molecule has 1 N–H and O–H groups in total. The summed E-state index contributed by atoms with van der Waals surface area (Å²) in [7, 11) is 0. The van der Waals surface area contributed by atoms with Gasteiger partial charge < -0.3 is 4.90 Å². The van der Waals surface area contributed by atoms with Gasteiger partial charge in [0.15, 0.2) is 0 Å². The summed E-state index contributed by atoms with van der Waals surface area (Å²) in [6, 6.07) is 2.07. The molecule has 1 aromatic heterocycles. The van der Waals surface area contributed by atoms with Crippen molar-refractivity contribution in [2.24, 2.45) is 5.92 Å². The third-order valence-electron chi connectivity index (χ3n) is 3.47. The highest BCUT2D eigenvalue weighted by atomic mass is 16.2. The molecule has 1 saturated heterocycles. The number of rotatable bonds is 2. The van der Waals surface area contributed by atoms with Crippen LogP contribution in [0.2, 0.25) is 0 Å². The maximum Gasteiger partial charge on any atom is 0.322 e. The molecule has 1 aromatic rings. The topological polar surface area (TPSA) is 50.2 Å². The molecule has 100 valence electrons. The van der Waals surface area contributed by atoms with Crippen molar-refractivity contribution < 1.29 is 4.79 Å². The smallest absolute Gasteiger partial charge is 0.322 e. The van der Waals surface area contributed by atoms with E-state index in [4.69, 9.17) is 0 Å². The number of hydrogen-bond acceptors (Lipinski definition) is 2. The molecule has 18 heavy (non-hydrogen) atoms. The van der Waals surface area contributed by atoms with Crippen molar-refractivity contribution in [2.45, 2.75) is 39.7 Å². The largest absolute Gasteiger partial charge is 0.324 e. The van der Waals surface area contributed by atoms with Gasteiger partial charge >= 0.3 is 6.03 Å². The first-order chi connectivity index (χ1) is 8.58. The first-order valence-electron chi connectivity index (χ1n) is 6.67. The zero-order chi connectivity index (χ0) is 13.1. The number of nitrogens with one attached hydrogen (secondary N) is 1. The summed E-state index contributed by atoms with van der Waals surface area (Å²) in [4.78, 5) is 14.0. The monoisotopic (exact) mass is 250 g/mol. The number of hydrogen-bond donors (Lipinski definition) is 1. The lowest BCUT2D eigenvalue weighted by molar-refractivity contribution is 0.186. The molecular formula is C13H22N4O. The Morgan fingerprint density at radius 3 is 2.72 bits per heavy atom. The van der Waals surface area contributed by atoms with Crippen LogP contribution in [-0.2, 0) is 0 Å². The van der Waals surface area contributed by atoms with E-state index >= 15 is 0 Å². The van der Waals surface area contributed by atoms with E-state index < -0.39 is 0 Å². The molecule has 0 spiro atoms. The van der Waals surface area contributed by atoms with Crippen LogP contribution >= 0.6 is 0 Å². The first kappa shape index (κ1) is 12.9. The first-order valence-corrected chi connectivity index (χ1v) is 6.67. The second-order valence-electron chi connectivity index (χ2n) is 5.35. The molecule has 1 fully saturated rings. The van der Waals surface area contributed by atoms with Gasteiger partial charge in [-0.25, -0.2) is 9.48 Å². The van der Waals surface area contributed by atoms with Gasteiger partial charge in [-0.15, -0.1) is 0 Å². The molecule has 0 unspecified atom stereocenters. The minimum absolute atomic E-state index is 0.00991. The second-order valence-corrected chi connectivity index (χ2v) is 5.35. The molecule has 0 aliphatic carbocycles. The zero-order valence-corrected chi connectivity index (χ0v) is 11.4. The van der Waals surface area contributed by atoms with Gasteiger partial charge in [-0.3, -0.25) is 5.32 Å². The van der Waals surface area contributed by atoms with Crippen LogP contribution in [-0.4, -0.2) is 33.8 Å². The van der Waals surface area contributed by atoms with Crippen LogP contribution in [0, 0.1) is 5.92 Å². The van der Waals surface area contributed by atoms with Gasteiger partial charge in [0.05, 0.1) is 6.20 Å². The van der Waals surface area contributed by atoms with Crippen molar-refractivity contribution in [3.8, 4) is 0 Å². The zero-order valence-electron chi connectivity index (χ0n) is 11.4. The lowest BCUT2D eigenvalue weighted by Crippen LogP contribution is -2.41. The average molecular weight is 250 g/mol. The number of urea groups is 1. The van der Waals surface area contributed by atoms with Crippen molar-refractivity contribution in [3.63, 3.8) is 0 Å². The summed E-state index contributed by atoms with van der Waals surface area (Å²) in [5, 5.41) is 7.15. The fraction of sp³-hybridized carbons (Fsp3) is 0.692. The highest BCUT2D eigenvalue weighted by Crippen LogP contribution is 2.18. The molecule has 0 saturated carbocycles. The SMILES string of the molecule is CC1CCN(C(=O)Nc2ccnn2C(C)C)CC1. The van der Waals surface area contributed by atoms with E-state index in [2.05, 4.69) is 17.3 Å². The van der Waals surface area contributed by atoms with Crippen molar-refractivity contribution in [1.29, 1.82) is 0 Å². The van der Waals surface area contributed by atoms with Crippen LogP contribution < -0.4 is 5.32 Å². The number of likely N-dealkylation sites (tertiary alicyclic amines) is 1. The Kier molecular flexibility index (Phi) is 3.89. The highest BCUT2D eigenvalue weighted by Gasteiger charge is 2.21. The number of amides is 2. The third-order valence-corrected chi connectivity index (χ3v) is 3.47. The van der Waals surface area contributed by atoms with Gasteiger partial charge in [-0.1, -0.05) is 6.92 Å². The number of nitrogens with zero attached hydrogens (tertiary/aromatic N) is 3. The van der Waals surface area contributed by atoms with Crippen molar-refractivity contribution in [2.75, 3.05) is 18.4 Å². The summed E-state index contributed by atoms with van der Waals surface area (Å²) in [6.07, 6.45) is 3.90. The Hall–Kier alpha value is -1.52. The van der Waals surface area contributed by atoms with Gasteiger partial charge in [-0.05, 0) is 32.6 Å². The molecule has 0 atom stereocenters. The van der Waals surface area contributed by atoms with Gasteiger partial charge in [0.25, 0.3) is 0 Å². The Morgan fingerprint density at radius 1 is 1.44 bits per heavy atom. The molecule has 0 radical (unpaired) electrons. The van der Waals surface area contributed by atoms with Crippen LogP contribution in [0.25, 0.3) is 0 Å². The van der Waals surface area contributed by atoms with E-state index in [-0.39, 0.29) is 12.1 Å². The van der Waals surface area contributed by atoms with Crippen LogP contribution in [0.5, 0.6) is 0 Å². The van der Waals surface area contributed by atoms with E-state index in [0.29, 0.717) is 0 Å². The fourth-order valence-electron chi connectivity index (χ4n) is 2.23. The van der Waals surface area contributed by atoms with Crippen molar-refractivity contribution in [3.05, 3.63) is 12.3 Å². The quantitative estimate of drug-likeness (QED) is 0.877. The number of carbonyl (C=O) groups excluding carboxylic acids is 1. The number of anilines is 1. The molecule has 5 heteroatoms. The lowest BCUT2D eigenvalue weighted by atomic mass is 10.00. The average Bonchev–Trinajstić information content (AvgIpc) is 2.78. The maximum absolute atomic E-state index is 12.1. The molecule has 2 rings (SSSR count). The van der Waals surface area contributed by atoms with Crippen molar-refractivity contribution >= 4 is 11.8 Å². The van der Waals surface area contributed by atoms with Crippen LogP contribution in [0.1, 0.15) is 39.7 Å². The second kappa shape index (κ2) is 5.42. The fourth-order valence-corrected chi connectivity index (χ4v) is 2.23. The number of piperidine rings is 1. The maximum atomic E-state index is 12.1. The Labute approximate surface area is 108 Å². The summed E-state index contributed by atoms with van der Waals surface area (Å²) in [5.74, 6) is 1.50. The Balaban J connectivity index is 1.96. The minimum Gasteiger partial charge on any atom is -0.324 e. The van der Waals surface area contributed by atoms with E-state index in [1.807, 2.05) is 29.5 Å². The Bertz CT molecular complexity index is 405. The summed E-state index contributed by atoms with van der Waals surface area (Å²) >= 11 is 0. The molecule has 5 nitrogen and oxygen atoms in total. The van der Waals surface area contributed by atoms with E-state index in [1.54, 1.807) is 6.20 Å². The molecule has 0 aromatic carbocycles. The molecule has 1 aliphatic rings. The van der Waals surface area contributed by atoms with Gasteiger partial charge in [-0.2, -0.15) is 5.10 Å². The van der Waals surface area contributed by atoms with Gasteiger partial charge in [0.2, 0.25) is 0 Å². The van der Waals surface area contributed by atoms with Gasteiger partial charge in [0.1, 0.15) is 5.82 Å². The molecule has 2 amide bonds. The molecule has 1 aliphatic heterocycles. The predicted molar refractivity (Wildman–Crippen MR) is 71.6 cm³/mol. The predicted octanol–water partition coefficient (Wildman–Crippen LogP) is 2.73. The van der Waals surface area contributed by atoms with E-state index in [0.717, 1.165) is 37.7 Å². The molecular weight excluding hydrogens is 228 g/mol. The van der Waals surface area contributed by atoms with Crippen LogP contribution in [0.4, 0.5) is 10.6 Å². The summed E-state index contributed by atoms with van der Waals surface area (Å²) < 4.78 is 1.82. The highest BCUT2D eigenvalue weighted by molar-refractivity contribution is 5.88. The van der Waals surface area contributed by atoms with Gasteiger partial charge in [0, 0.05) is 25.2 Å². The molecule has 2 heterocycles. The Morgan fingerprint density at radius 2 is 2.11 bits per heavy atom. The van der Waals surface area contributed by atoms with E-state index in [9.17, 15) is 4.79 Å². The summed E-state index contributed by atoms with van der Waals surface area (Å²) in [6.45, 7) is 8.03. The minimum atomic E-state index is -0.00991. The van der Waals surface area contributed by atoms with Crippen LogP contribution in [0.15, 0.2) is 12.3 Å². The lowest BCUT2D eigenvalue weighted by Gasteiger charge is -2.30. The third kappa shape index (κ3) is 2.83. The molecule has 0 bridgehead atoms. The normalized spacial score (nSPS) is 17.2. The van der Waals surface area contributed by atoms with Crippen molar-refractivity contribution in [1.82, 2.24) is 14.7 Å². The van der Waals surface area contributed by atoms with E-state index in [1.165, 1.54) is 0 Å². The standard InChI is InChI=1S/C13H22N4O/c1-10(2)17-12(4-7-14-17)15-13(18)16-8-5-11(3)6-9-16/h4,7,10-11H,5-6,8-9H2,1-3H3,(H,15,18). The number of aromatic nitrogens is 2. The van der Waals surface area contributed by atoms with Crippen LogP contribution in [0.3, 0.4) is 0 Å². The summed E-state index contributed by atoms with van der Waals surface area (Å²) in [5.41, 5.74) is 0.